The van der Waals surface area contributed by atoms with E-state index in [0.717, 1.165) is 40.2 Å². The van der Waals surface area contributed by atoms with Gasteiger partial charge in [-0.3, -0.25) is 0 Å². The maximum Gasteiger partial charge on any atom is 0.243 e. The summed E-state index contributed by atoms with van der Waals surface area (Å²) in [7, 11) is -3.56. The Morgan fingerprint density at radius 3 is 2.61 bits per heavy atom. The number of aromatic nitrogens is 3. The van der Waals surface area contributed by atoms with Gasteiger partial charge in [-0.15, -0.1) is 11.3 Å². The summed E-state index contributed by atoms with van der Waals surface area (Å²) in [6.07, 6.45) is 1.55. The van der Waals surface area contributed by atoms with Crippen LogP contribution in [0, 0.1) is 13.8 Å². The van der Waals surface area contributed by atoms with Crippen LogP contribution in [0.3, 0.4) is 0 Å². The molecule has 1 saturated heterocycles. The van der Waals surface area contributed by atoms with E-state index >= 15 is 0 Å². The van der Waals surface area contributed by atoms with Crippen molar-refractivity contribution < 1.29 is 12.9 Å². The molecule has 1 aliphatic rings. The van der Waals surface area contributed by atoms with Crippen molar-refractivity contribution in [3.8, 4) is 22.6 Å². The first-order valence-electron chi connectivity index (χ1n) is 10.8. The van der Waals surface area contributed by atoms with Crippen LogP contribution >= 0.6 is 11.3 Å². The molecule has 3 heterocycles. The van der Waals surface area contributed by atoms with E-state index in [-0.39, 0.29) is 5.92 Å². The Morgan fingerprint density at radius 2 is 1.85 bits per heavy atom. The fourth-order valence-electron chi connectivity index (χ4n) is 4.05. The number of hydrogen-bond donors (Lipinski definition) is 0. The van der Waals surface area contributed by atoms with Crippen LogP contribution in [0.5, 0.6) is 0 Å². The van der Waals surface area contributed by atoms with E-state index in [4.69, 9.17) is 4.52 Å². The Bertz CT molecular complexity index is 1380. The molecule has 170 valence electrons. The summed E-state index contributed by atoms with van der Waals surface area (Å²) in [6, 6.07) is 14.9. The third-order valence-electron chi connectivity index (χ3n) is 5.87. The number of benzene rings is 2. The van der Waals surface area contributed by atoms with E-state index in [2.05, 4.69) is 15.1 Å². The molecule has 7 nitrogen and oxygen atoms in total. The highest BCUT2D eigenvalue weighted by Crippen LogP contribution is 2.31. The van der Waals surface area contributed by atoms with Gasteiger partial charge >= 0.3 is 0 Å². The summed E-state index contributed by atoms with van der Waals surface area (Å²) in [5.41, 5.74) is 3.79. The highest BCUT2D eigenvalue weighted by Gasteiger charge is 2.33. The van der Waals surface area contributed by atoms with Gasteiger partial charge in [-0.1, -0.05) is 41.1 Å². The van der Waals surface area contributed by atoms with Crippen LogP contribution in [0.25, 0.3) is 22.6 Å². The molecule has 4 aromatic rings. The molecular weight excluding hydrogens is 456 g/mol. The standard InChI is InChI=1S/C24H24N4O3S2/c1-16-8-10-21(11-9-16)33(29,30)28-12-4-7-20(14-28)24-26-23(27-31-24)19-6-3-5-18(13-19)22-15-32-17(2)25-22/h3,5-6,8-11,13,15,20H,4,7,12,14H2,1-2H3. The highest BCUT2D eigenvalue weighted by molar-refractivity contribution is 7.89. The molecule has 0 N–H and O–H groups in total. The van der Waals surface area contributed by atoms with Crippen LogP contribution in [-0.4, -0.2) is 40.9 Å². The Hall–Kier alpha value is -2.88. The van der Waals surface area contributed by atoms with Crippen LogP contribution in [0.4, 0.5) is 0 Å². The zero-order valence-corrected chi connectivity index (χ0v) is 20.1. The highest BCUT2D eigenvalue weighted by atomic mass is 32.2. The molecule has 0 radical (unpaired) electrons. The minimum atomic E-state index is -3.56. The van der Waals surface area contributed by atoms with Crippen molar-refractivity contribution in [2.75, 3.05) is 13.1 Å². The number of nitrogens with zero attached hydrogens (tertiary/aromatic N) is 4. The molecule has 0 bridgehead atoms. The van der Waals surface area contributed by atoms with E-state index in [1.165, 1.54) is 4.31 Å². The van der Waals surface area contributed by atoms with Gasteiger partial charge in [0.1, 0.15) is 0 Å². The largest absolute Gasteiger partial charge is 0.339 e. The summed E-state index contributed by atoms with van der Waals surface area (Å²) in [6.45, 7) is 4.74. The maximum absolute atomic E-state index is 13.1. The Balaban J connectivity index is 1.36. The number of hydrogen-bond acceptors (Lipinski definition) is 7. The second-order valence-corrected chi connectivity index (χ2v) is 11.3. The molecule has 1 unspecified atom stereocenters. The van der Waals surface area contributed by atoms with E-state index in [9.17, 15) is 8.42 Å². The van der Waals surface area contributed by atoms with Crippen molar-refractivity contribution >= 4 is 21.4 Å². The van der Waals surface area contributed by atoms with Gasteiger partial charge in [-0.25, -0.2) is 13.4 Å². The predicted octanol–water partition coefficient (Wildman–Crippen LogP) is 5.05. The average molecular weight is 481 g/mol. The lowest BCUT2D eigenvalue weighted by molar-refractivity contribution is 0.265. The molecule has 1 fully saturated rings. The monoisotopic (exact) mass is 480 g/mol. The van der Waals surface area contributed by atoms with E-state index in [1.54, 1.807) is 23.5 Å². The molecule has 1 atom stereocenters. The van der Waals surface area contributed by atoms with Gasteiger partial charge in [-0.05, 0) is 44.9 Å². The fraction of sp³-hybridized carbons (Fsp3) is 0.292. The van der Waals surface area contributed by atoms with Gasteiger partial charge in [0.2, 0.25) is 21.7 Å². The van der Waals surface area contributed by atoms with Crippen LogP contribution in [0.2, 0.25) is 0 Å². The average Bonchev–Trinajstić information content (AvgIpc) is 3.49. The van der Waals surface area contributed by atoms with Crippen molar-refractivity contribution in [2.45, 2.75) is 37.5 Å². The number of aryl methyl sites for hydroxylation is 2. The van der Waals surface area contributed by atoms with Crippen LogP contribution in [0.1, 0.15) is 35.2 Å². The lowest BCUT2D eigenvalue weighted by Gasteiger charge is -2.30. The number of rotatable bonds is 5. The van der Waals surface area contributed by atoms with Crippen LogP contribution in [0.15, 0.2) is 63.3 Å². The molecule has 0 amide bonds. The van der Waals surface area contributed by atoms with E-state index in [1.807, 2.05) is 55.6 Å². The minimum absolute atomic E-state index is 0.135. The minimum Gasteiger partial charge on any atom is -0.339 e. The van der Waals surface area contributed by atoms with Gasteiger partial charge in [0.25, 0.3) is 0 Å². The zero-order chi connectivity index (χ0) is 23.0. The molecular formula is C24H24N4O3S2. The third kappa shape index (κ3) is 4.48. The van der Waals surface area contributed by atoms with Gasteiger partial charge in [-0.2, -0.15) is 9.29 Å². The van der Waals surface area contributed by atoms with E-state index in [0.29, 0.717) is 29.7 Å². The van der Waals surface area contributed by atoms with Crippen LogP contribution in [-0.2, 0) is 10.0 Å². The van der Waals surface area contributed by atoms with E-state index < -0.39 is 10.0 Å². The van der Waals surface area contributed by atoms with Crippen molar-refractivity contribution in [1.82, 2.24) is 19.4 Å². The molecule has 33 heavy (non-hydrogen) atoms. The topological polar surface area (TPSA) is 89.2 Å². The summed E-state index contributed by atoms with van der Waals surface area (Å²) < 4.78 is 33.4. The number of piperidine rings is 1. The number of thiazole rings is 1. The third-order valence-corrected chi connectivity index (χ3v) is 8.52. The Kier molecular flexibility index (Phi) is 5.86. The summed E-state index contributed by atoms with van der Waals surface area (Å²) in [5.74, 6) is 0.839. The predicted molar refractivity (Wildman–Crippen MR) is 127 cm³/mol. The Morgan fingerprint density at radius 1 is 1.06 bits per heavy atom. The Labute approximate surface area is 197 Å². The van der Waals surface area contributed by atoms with Crippen molar-refractivity contribution in [3.63, 3.8) is 0 Å². The second-order valence-electron chi connectivity index (χ2n) is 8.30. The maximum atomic E-state index is 13.1. The molecule has 0 saturated carbocycles. The molecule has 2 aromatic heterocycles. The lowest BCUT2D eigenvalue weighted by Crippen LogP contribution is -2.39. The molecule has 2 aromatic carbocycles. The number of sulfonamides is 1. The first-order valence-corrected chi connectivity index (χ1v) is 13.2. The smallest absolute Gasteiger partial charge is 0.243 e. The quantitative estimate of drug-likeness (QED) is 0.397. The molecule has 5 rings (SSSR count). The molecule has 0 spiro atoms. The first-order chi connectivity index (χ1) is 15.9. The van der Waals surface area contributed by atoms with Crippen molar-refractivity contribution in [3.05, 3.63) is 70.4 Å². The molecule has 9 heteroatoms. The second kappa shape index (κ2) is 8.81. The zero-order valence-electron chi connectivity index (χ0n) is 18.4. The summed E-state index contributed by atoms with van der Waals surface area (Å²) >= 11 is 1.61. The van der Waals surface area contributed by atoms with Gasteiger partial charge in [0.15, 0.2) is 0 Å². The summed E-state index contributed by atoms with van der Waals surface area (Å²) in [5, 5.41) is 7.23. The normalized spacial score (nSPS) is 17.3. The summed E-state index contributed by atoms with van der Waals surface area (Å²) in [4.78, 5) is 9.49. The molecule has 0 aliphatic carbocycles. The van der Waals surface area contributed by atoms with Crippen molar-refractivity contribution in [2.24, 2.45) is 0 Å². The SMILES string of the molecule is Cc1ccc(S(=O)(=O)N2CCCC(c3nc(-c4cccc(-c5csc(C)n5)c4)no3)C2)cc1. The first kappa shape index (κ1) is 21.9. The van der Waals surface area contributed by atoms with Crippen LogP contribution < -0.4 is 0 Å². The van der Waals surface area contributed by atoms with Gasteiger partial charge < -0.3 is 4.52 Å². The fourth-order valence-corrected chi connectivity index (χ4v) is 6.20. The van der Waals surface area contributed by atoms with Gasteiger partial charge in [0.05, 0.1) is 21.5 Å². The van der Waals surface area contributed by atoms with Gasteiger partial charge in [0, 0.05) is 29.6 Å². The van der Waals surface area contributed by atoms with Crippen molar-refractivity contribution in [1.29, 1.82) is 0 Å². The molecule has 1 aliphatic heterocycles. The lowest BCUT2D eigenvalue weighted by atomic mass is 10.00.